The number of benzene rings is 1. The fourth-order valence-corrected chi connectivity index (χ4v) is 1.11. The van der Waals surface area contributed by atoms with Gasteiger partial charge in [0, 0.05) is 5.57 Å². The SMILES string of the molecule is C=C(C)C(=O)OCCOP(=O)(O)O.c1ccccc1. The van der Waals surface area contributed by atoms with Crippen molar-refractivity contribution < 1.29 is 28.4 Å². The molecule has 0 aromatic heterocycles. The summed E-state index contributed by atoms with van der Waals surface area (Å²) in [6, 6.07) is 12.0. The summed E-state index contributed by atoms with van der Waals surface area (Å²) in [4.78, 5) is 27.1. The van der Waals surface area contributed by atoms with Crippen LogP contribution in [0.2, 0.25) is 0 Å². The molecule has 0 heterocycles. The first-order valence-electron chi connectivity index (χ1n) is 5.35. The number of ether oxygens (including phenoxy) is 1. The number of carbonyl (C=O) groups excluding carboxylic acids is 1. The first kappa shape index (κ1) is 17.5. The minimum Gasteiger partial charge on any atom is -0.460 e. The summed E-state index contributed by atoms with van der Waals surface area (Å²) in [6.07, 6.45) is 0. The normalized spacial score (nSPS) is 10.1. The Bertz CT molecular complexity index is 398. The molecule has 7 heteroatoms. The predicted octanol–water partition coefficient (Wildman–Crippen LogP) is 1.90. The molecular formula is C12H17O6P. The molecule has 0 bridgehead atoms. The second-order valence-electron chi connectivity index (χ2n) is 3.39. The van der Waals surface area contributed by atoms with Crippen molar-refractivity contribution >= 4 is 13.8 Å². The quantitative estimate of drug-likeness (QED) is 0.372. The van der Waals surface area contributed by atoms with Crippen LogP contribution in [0.15, 0.2) is 48.6 Å². The Kier molecular flexibility index (Phi) is 8.74. The predicted molar refractivity (Wildman–Crippen MR) is 70.2 cm³/mol. The molecule has 1 aromatic carbocycles. The van der Waals surface area contributed by atoms with Crippen molar-refractivity contribution in [2.45, 2.75) is 6.92 Å². The molecule has 0 aliphatic carbocycles. The Hall–Kier alpha value is -1.46. The van der Waals surface area contributed by atoms with Crippen LogP contribution in [-0.2, 0) is 18.6 Å². The van der Waals surface area contributed by atoms with Gasteiger partial charge in [-0.3, -0.25) is 4.52 Å². The highest BCUT2D eigenvalue weighted by molar-refractivity contribution is 7.46. The van der Waals surface area contributed by atoms with E-state index in [0.717, 1.165) is 0 Å². The lowest BCUT2D eigenvalue weighted by Crippen LogP contribution is -2.10. The topological polar surface area (TPSA) is 93.1 Å². The number of phosphoric acid groups is 1. The van der Waals surface area contributed by atoms with Crippen LogP contribution in [0.4, 0.5) is 0 Å². The molecule has 0 fully saturated rings. The zero-order chi connectivity index (χ0) is 14.7. The molecule has 1 aromatic rings. The van der Waals surface area contributed by atoms with Gasteiger partial charge in [0.25, 0.3) is 0 Å². The molecule has 0 unspecified atom stereocenters. The minimum absolute atomic E-state index is 0.212. The van der Waals surface area contributed by atoms with Gasteiger partial charge in [0.05, 0.1) is 6.61 Å². The third kappa shape index (κ3) is 12.8. The molecular weight excluding hydrogens is 271 g/mol. The van der Waals surface area contributed by atoms with E-state index in [4.69, 9.17) is 9.79 Å². The Labute approximate surface area is 111 Å². The standard InChI is InChI=1S/C6H11O6P.C6H6/c1-5(2)6(7)11-3-4-12-13(8,9)10;1-2-4-6-5-3-1/h1,3-4H2,2H3,(H2,8,9,10);1-6H. The Morgan fingerprint density at radius 1 is 1.11 bits per heavy atom. The van der Waals surface area contributed by atoms with Gasteiger partial charge in [-0.2, -0.15) is 0 Å². The molecule has 2 N–H and O–H groups in total. The zero-order valence-electron chi connectivity index (χ0n) is 10.6. The monoisotopic (exact) mass is 288 g/mol. The molecule has 0 aliphatic rings. The third-order valence-electron chi connectivity index (χ3n) is 1.59. The van der Waals surface area contributed by atoms with Gasteiger partial charge in [-0.1, -0.05) is 43.0 Å². The van der Waals surface area contributed by atoms with Crippen LogP contribution < -0.4 is 0 Å². The highest BCUT2D eigenvalue weighted by Gasteiger charge is 2.13. The summed E-state index contributed by atoms with van der Waals surface area (Å²) in [5.41, 5.74) is 0.219. The first-order valence-corrected chi connectivity index (χ1v) is 6.88. The Morgan fingerprint density at radius 2 is 1.53 bits per heavy atom. The van der Waals surface area contributed by atoms with Gasteiger partial charge >= 0.3 is 13.8 Å². The molecule has 106 valence electrons. The highest BCUT2D eigenvalue weighted by Crippen LogP contribution is 2.35. The van der Waals surface area contributed by atoms with Crippen LogP contribution >= 0.6 is 7.82 Å². The van der Waals surface area contributed by atoms with Crippen molar-refractivity contribution in [3.63, 3.8) is 0 Å². The molecule has 19 heavy (non-hydrogen) atoms. The van der Waals surface area contributed by atoms with Crippen LogP contribution in [0.25, 0.3) is 0 Å². The molecule has 0 atom stereocenters. The number of phosphoric ester groups is 1. The zero-order valence-corrected chi connectivity index (χ0v) is 11.5. The largest absolute Gasteiger partial charge is 0.469 e. The van der Waals surface area contributed by atoms with Crippen molar-refractivity contribution in [2.24, 2.45) is 0 Å². The average molecular weight is 288 g/mol. The number of carbonyl (C=O) groups is 1. The van der Waals surface area contributed by atoms with Crippen LogP contribution in [0.1, 0.15) is 6.92 Å². The van der Waals surface area contributed by atoms with E-state index in [0.29, 0.717) is 0 Å². The van der Waals surface area contributed by atoms with Crippen molar-refractivity contribution in [1.29, 1.82) is 0 Å². The number of rotatable bonds is 5. The van der Waals surface area contributed by atoms with E-state index < -0.39 is 13.8 Å². The first-order chi connectivity index (χ1) is 8.83. The van der Waals surface area contributed by atoms with Crippen LogP contribution in [0, 0.1) is 0 Å². The molecule has 0 amide bonds. The fourth-order valence-electron chi connectivity index (χ4n) is 0.799. The van der Waals surface area contributed by atoms with E-state index in [2.05, 4.69) is 15.8 Å². The smallest absolute Gasteiger partial charge is 0.460 e. The van der Waals surface area contributed by atoms with E-state index in [-0.39, 0.29) is 18.8 Å². The molecule has 0 saturated heterocycles. The lowest BCUT2D eigenvalue weighted by molar-refractivity contribution is -0.139. The summed E-state index contributed by atoms with van der Waals surface area (Å²) in [5.74, 6) is -0.616. The molecule has 0 spiro atoms. The number of hydrogen-bond acceptors (Lipinski definition) is 4. The lowest BCUT2D eigenvalue weighted by atomic mass is 10.4. The summed E-state index contributed by atoms with van der Waals surface area (Å²) in [5, 5.41) is 0. The lowest BCUT2D eigenvalue weighted by Gasteiger charge is -2.05. The van der Waals surface area contributed by atoms with E-state index in [1.54, 1.807) is 0 Å². The summed E-state index contributed by atoms with van der Waals surface area (Å²) in [6.45, 7) is 4.22. The average Bonchev–Trinajstić information content (AvgIpc) is 2.36. The number of esters is 1. The number of hydrogen-bond donors (Lipinski definition) is 2. The van der Waals surface area contributed by atoms with Gasteiger partial charge in [0.15, 0.2) is 0 Å². The highest BCUT2D eigenvalue weighted by atomic mass is 31.2. The van der Waals surface area contributed by atoms with Crippen LogP contribution in [0.3, 0.4) is 0 Å². The molecule has 0 aliphatic heterocycles. The minimum atomic E-state index is -4.46. The van der Waals surface area contributed by atoms with Gasteiger partial charge in [-0.05, 0) is 6.92 Å². The van der Waals surface area contributed by atoms with E-state index >= 15 is 0 Å². The maximum absolute atomic E-state index is 10.7. The van der Waals surface area contributed by atoms with Gasteiger partial charge in [-0.15, -0.1) is 0 Å². The van der Waals surface area contributed by atoms with E-state index in [1.807, 2.05) is 36.4 Å². The van der Waals surface area contributed by atoms with Gasteiger partial charge < -0.3 is 14.5 Å². The van der Waals surface area contributed by atoms with Crippen molar-refractivity contribution in [1.82, 2.24) is 0 Å². The fraction of sp³-hybridized carbons (Fsp3) is 0.250. The second-order valence-corrected chi connectivity index (χ2v) is 4.63. The van der Waals surface area contributed by atoms with Gasteiger partial charge in [0.1, 0.15) is 6.61 Å². The maximum Gasteiger partial charge on any atom is 0.469 e. The maximum atomic E-state index is 10.7. The van der Waals surface area contributed by atoms with Crippen molar-refractivity contribution in [2.75, 3.05) is 13.2 Å². The summed E-state index contributed by atoms with van der Waals surface area (Å²) < 4.78 is 18.6. The summed E-state index contributed by atoms with van der Waals surface area (Å²) >= 11 is 0. The molecule has 6 nitrogen and oxygen atoms in total. The van der Waals surface area contributed by atoms with E-state index in [1.165, 1.54) is 6.92 Å². The second kappa shape index (κ2) is 9.47. The van der Waals surface area contributed by atoms with Crippen LogP contribution in [0.5, 0.6) is 0 Å². The van der Waals surface area contributed by atoms with Crippen molar-refractivity contribution in [3.8, 4) is 0 Å². The van der Waals surface area contributed by atoms with Crippen molar-refractivity contribution in [3.05, 3.63) is 48.6 Å². The van der Waals surface area contributed by atoms with Gasteiger partial charge in [0.2, 0.25) is 0 Å². The molecule has 0 radical (unpaired) electrons. The molecule has 0 saturated carbocycles. The van der Waals surface area contributed by atoms with E-state index in [9.17, 15) is 9.36 Å². The summed E-state index contributed by atoms with van der Waals surface area (Å²) in [7, 11) is -4.46. The third-order valence-corrected chi connectivity index (χ3v) is 2.11. The van der Waals surface area contributed by atoms with Crippen LogP contribution in [-0.4, -0.2) is 29.0 Å². The Morgan fingerprint density at radius 3 is 1.84 bits per heavy atom. The Balaban J connectivity index is 0.000000443. The molecule has 1 rings (SSSR count). The van der Waals surface area contributed by atoms with Gasteiger partial charge in [-0.25, -0.2) is 9.36 Å².